The molecule has 5 amide bonds. The van der Waals surface area contributed by atoms with E-state index in [9.17, 15) is 24.0 Å². The summed E-state index contributed by atoms with van der Waals surface area (Å²) in [5.74, 6) is -1.98. The van der Waals surface area contributed by atoms with Crippen LogP contribution >= 0.6 is 0 Å². The van der Waals surface area contributed by atoms with Crippen LogP contribution < -0.4 is 11.1 Å². The number of nitrogens with one attached hydrogen (secondary N) is 1. The summed E-state index contributed by atoms with van der Waals surface area (Å²) in [6.45, 7) is 2.86. The summed E-state index contributed by atoms with van der Waals surface area (Å²) in [6.07, 6.45) is 0.523. The maximum absolute atomic E-state index is 13.3. The zero-order valence-corrected chi connectivity index (χ0v) is 19.7. The molecule has 0 spiro atoms. The molecule has 1 atom stereocenters. The molecule has 0 aliphatic carbocycles. The van der Waals surface area contributed by atoms with E-state index in [1.54, 1.807) is 24.3 Å². The standard InChI is InChI=1S/C26H27N5O5/c27-18-6-4-16(5-7-18)14-22(33)30-12-10-29(11-13-30)15-17-2-1-3-19-23(17)26(36)31(25(19)35)20-8-9-21(32)28-24(20)34/h1-7,20H,8-15,27H2,(H,28,32,34). The van der Waals surface area contributed by atoms with Gasteiger partial charge in [0, 0.05) is 44.8 Å². The van der Waals surface area contributed by atoms with E-state index < -0.39 is 29.7 Å². The fourth-order valence-electron chi connectivity index (χ4n) is 5.03. The summed E-state index contributed by atoms with van der Waals surface area (Å²) < 4.78 is 0. The van der Waals surface area contributed by atoms with Crippen molar-refractivity contribution in [1.82, 2.24) is 20.0 Å². The van der Waals surface area contributed by atoms with Gasteiger partial charge in [0.05, 0.1) is 17.5 Å². The number of hydrogen-bond acceptors (Lipinski definition) is 7. The first-order valence-electron chi connectivity index (χ1n) is 12.0. The minimum atomic E-state index is -0.987. The van der Waals surface area contributed by atoms with Crippen molar-refractivity contribution in [2.75, 3.05) is 31.9 Å². The Balaban J connectivity index is 1.23. The first-order valence-corrected chi connectivity index (χ1v) is 12.0. The molecule has 0 radical (unpaired) electrons. The van der Waals surface area contributed by atoms with Crippen molar-refractivity contribution in [3.05, 3.63) is 64.7 Å². The van der Waals surface area contributed by atoms with E-state index in [2.05, 4.69) is 10.2 Å². The van der Waals surface area contributed by atoms with Crippen molar-refractivity contribution in [2.24, 2.45) is 0 Å². The molecule has 0 bridgehead atoms. The van der Waals surface area contributed by atoms with Gasteiger partial charge in [0.25, 0.3) is 11.8 Å². The number of nitrogen functional groups attached to an aromatic ring is 1. The van der Waals surface area contributed by atoms with Crippen LogP contribution in [-0.4, -0.2) is 76.5 Å². The smallest absolute Gasteiger partial charge is 0.262 e. The fourth-order valence-corrected chi connectivity index (χ4v) is 5.03. The minimum Gasteiger partial charge on any atom is -0.399 e. The number of hydrogen-bond donors (Lipinski definition) is 2. The summed E-state index contributed by atoms with van der Waals surface area (Å²) >= 11 is 0. The topological polar surface area (TPSA) is 133 Å². The number of amides is 5. The molecule has 2 saturated heterocycles. The van der Waals surface area contributed by atoms with Crippen molar-refractivity contribution in [3.8, 4) is 0 Å². The van der Waals surface area contributed by atoms with Crippen molar-refractivity contribution in [1.29, 1.82) is 0 Å². The van der Waals surface area contributed by atoms with Gasteiger partial charge >= 0.3 is 0 Å². The van der Waals surface area contributed by atoms with Gasteiger partial charge < -0.3 is 10.6 Å². The first kappa shape index (κ1) is 23.7. The van der Waals surface area contributed by atoms with Crippen molar-refractivity contribution in [2.45, 2.75) is 31.8 Å². The van der Waals surface area contributed by atoms with E-state index in [4.69, 9.17) is 5.73 Å². The molecule has 10 nitrogen and oxygen atoms in total. The quantitative estimate of drug-likeness (QED) is 0.463. The number of imide groups is 2. The SMILES string of the molecule is Nc1ccc(CC(=O)N2CCN(Cc3cccc4c3C(=O)N(C3CCC(=O)NC3=O)C4=O)CC2)cc1. The number of benzene rings is 2. The van der Waals surface area contributed by atoms with Crippen LogP contribution in [0.5, 0.6) is 0 Å². The third-order valence-electron chi connectivity index (χ3n) is 7.01. The van der Waals surface area contributed by atoms with Crippen LogP contribution in [0.15, 0.2) is 42.5 Å². The second kappa shape index (κ2) is 9.54. The molecule has 0 aromatic heterocycles. The number of nitrogens with two attached hydrogens (primary N) is 1. The molecular formula is C26H27N5O5. The number of piperidine rings is 1. The minimum absolute atomic E-state index is 0.0562. The Kier molecular flexibility index (Phi) is 6.27. The molecule has 2 aromatic carbocycles. The summed E-state index contributed by atoms with van der Waals surface area (Å²) in [6, 6.07) is 11.4. The Morgan fingerprint density at radius 2 is 1.67 bits per heavy atom. The predicted octanol–water partition coefficient (Wildman–Crippen LogP) is 0.557. The van der Waals surface area contributed by atoms with Crippen LogP contribution in [-0.2, 0) is 27.3 Å². The van der Waals surface area contributed by atoms with Crippen LogP contribution in [0.1, 0.15) is 44.7 Å². The molecule has 0 saturated carbocycles. The van der Waals surface area contributed by atoms with E-state index in [0.29, 0.717) is 56.0 Å². The predicted molar refractivity (Wildman–Crippen MR) is 130 cm³/mol. The molecule has 186 valence electrons. The van der Waals surface area contributed by atoms with Gasteiger partial charge in [0.2, 0.25) is 17.7 Å². The Morgan fingerprint density at radius 1 is 0.944 bits per heavy atom. The summed E-state index contributed by atoms with van der Waals surface area (Å²) in [4.78, 5) is 67.9. The Labute approximate surface area is 208 Å². The van der Waals surface area contributed by atoms with E-state index in [-0.39, 0.29) is 24.3 Å². The second-order valence-electron chi connectivity index (χ2n) is 9.36. The molecule has 2 aromatic rings. The van der Waals surface area contributed by atoms with Crippen LogP contribution in [0.25, 0.3) is 0 Å². The summed E-state index contributed by atoms with van der Waals surface area (Å²) in [5.41, 5.74) is 8.59. The average molecular weight is 490 g/mol. The van der Waals surface area contributed by atoms with Crippen LogP contribution in [0, 0.1) is 0 Å². The van der Waals surface area contributed by atoms with Gasteiger partial charge in [-0.05, 0) is 35.7 Å². The lowest BCUT2D eigenvalue weighted by molar-refractivity contribution is -0.136. The molecule has 2 fully saturated rings. The monoisotopic (exact) mass is 489 g/mol. The molecule has 1 unspecified atom stereocenters. The van der Waals surface area contributed by atoms with Crippen molar-refractivity contribution in [3.63, 3.8) is 0 Å². The number of carbonyl (C=O) groups excluding carboxylic acids is 5. The molecule has 36 heavy (non-hydrogen) atoms. The Bertz CT molecular complexity index is 1250. The molecular weight excluding hydrogens is 462 g/mol. The lowest BCUT2D eigenvalue weighted by atomic mass is 10.0. The molecule has 3 N–H and O–H groups in total. The van der Waals surface area contributed by atoms with Crippen molar-refractivity contribution < 1.29 is 24.0 Å². The normalized spacial score (nSPS) is 20.5. The number of piperazine rings is 1. The van der Waals surface area contributed by atoms with Gasteiger partial charge in [-0.15, -0.1) is 0 Å². The first-order chi connectivity index (χ1) is 17.3. The van der Waals surface area contributed by atoms with E-state index >= 15 is 0 Å². The number of fused-ring (bicyclic) bond motifs is 1. The number of anilines is 1. The zero-order valence-electron chi connectivity index (χ0n) is 19.7. The number of nitrogens with zero attached hydrogens (tertiary/aromatic N) is 3. The maximum atomic E-state index is 13.3. The lowest BCUT2D eigenvalue weighted by Gasteiger charge is -2.35. The van der Waals surface area contributed by atoms with Crippen LogP contribution in [0.4, 0.5) is 5.69 Å². The van der Waals surface area contributed by atoms with Crippen LogP contribution in [0.3, 0.4) is 0 Å². The van der Waals surface area contributed by atoms with Gasteiger partial charge in [-0.1, -0.05) is 24.3 Å². The zero-order chi connectivity index (χ0) is 25.4. The van der Waals surface area contributed by atoms with E-state index in [1.807, 2.05) is 23.1 Å². The van der Waals surface area contributed by atoms with E-state index in [1.165, 1.54) is 0 Å². The molecule has 10 heteroatoms. The van der Waals surface area contributed by atoms with Gasteiger partial charge in [-0.2, -0.15) is 0 Å². The third-order valence-corrected chi connectivity index (χ3v) is 7.01. The van der Waals surface area contributed by atoms with Crippen molar-refractivity contribution >= 4 is 35.2 Å². The highest BCUT2D eigenvalue weighted by atomic mass is 16.2. The number of rotatable bonds is 5. The highest BCUT2D eigenvalue weighted by Crippen LogP contribution is 2.30. The Morgan fingerprint density at radius 3 is 2.36 bits per heavy atom. The second-order valence-corrected chi connectivity index (χ2v) is 9.36. The largest absolute Gasteiger partial charge is 0.399 e. The summed E-state index contributed by atoms with van der Waals surface area (Å²) in [7, 11) is 0. The third kappa shape index (κ3) is 4.47. The van der Waals surface area contributed by atoms with E-state index in [0.717, 1.165) is 10.5 Å². The number of carbonyl (C=O) groups is 5. The van der Waals surface area contributed by atoms with Gasteiger partial charge in [0.1, 0.15) is 6.04 Å². The summed E-state index contributed by atoms with van der Waals surface area (Å²) in [5, 5.41) is 2.22. The molecule has 3 aliphatic heterocycles. The lowest BCUT2D eigenvalue weighted by Crippen LogP contribution is -2.54. The molecule has 3 heterocycles. The van der Waals surface area contributed by atoms with Gasteiger partial charge in [-0.25, -0.2) is 0 Å². The molecule has 5 rings (SSSR count). The van der Waals surface area contributed by atoms with Gasteiger partial charge in [0.15, 0.2) is 0 Å². The molecule has 3 aliphatic rings. The average Bonchev–Trinajstić information content (AvgIpc) is 3.12. The van der Waals surface area contributed by atoms with Crippen LogP contribution in [0.2, 0.25) is 0 Å². The fraction of sp³-hybridized carbons (Fsp3) is 0.346. The Hall–Kier alpha value is -4.05. The maximum Gasteiger partial charge on any atom is 0.262 e. The highest BCUT2D eigenvalue weighted by molar-refractivity contribution is 6.24. The highest BCUT2D eigenvalue weighted by Gasteiger charge is 2.45. The van der Waals surface area contributed by atoms with Gasteiger partial charge in [-0.3, -0.25) is 39.1 Å².